The smallest absolute Gasteiger partial charge is 0.165 e. The molecule has 0 amide bonds. The molecule has 0 spiro atoms. The molecule has 0 radical (unpaired) electrons. The lowest BCUT2D eigenvalue weighted by molar-refractivity contribution is 1.09. The SMILES string of the molecule is Cc1cccc(Nc2ncnc3[nH]nc(Nc4cccc(Cl)c4)c23)c1.Cl. The number of aryl methyl sites for hydroxylation is 1. The van der Waals surface area contributed by atoms with Crippen LogP contribution in [0.15, 0.2) is 54.9 Å². The van der Waals surface area contributed by atoms with Gasteiger partial charge in [-0.25, -0.2) is 9.97 Å². The lowest BCUT2D eigenvalue weighted by atomic mass is 10.2. The largest absolute Gasteiger partial charge is 0.339 e. The number of hydrogen-bond donors (Lipinski definition) is 3. The van der Waals surface area contributed by atoms with Crippen LogP contribution in [0.1, 0.15) is 5.56 Å². The lowest BCUT2D eigenvalue weighted by Crippen LogP contribution is -1.97. The van der Waals surface area contributed by atoms with Crippen LogP contribution in [0.25, 0.3) is 11.0 Å². The molecule has 4 aromatic rings. The van der Waals surface area contributed by atoms with Crippen molar-refractivity contribution in [3.8, 4) is 0 Å². The lowest BCUT2D eigenvalue weighted by Gasteiger charge is -2.09. The highest BCUT2D eigenvalue weighted by atomic mass is 35.5. The highest BCUT2D eigenvalue weighted by Gasteiger charge is 2.13. The number of H-pyrrole nitrogens is 1. The number of halogens is 2. The van der Waals surface area contributed by atoms with Gasteiger partial charge in [-0.1, -0.05) is 29.8 Å². The molecular formula is C18H16Cl2N6. The van der Waals surface area contributed by atoms with Gasteiger partial charge in [0, 0.05) is 16.4 Å². The van der Waals surface area contributed by atoms with Gasteiger partial charge < -0.3 is 10.6 Å². The van der Waals surface area contributed by atoms with Gasteiger partial charge in [0.05, 0.1) is 0 Å². The van der Waals surface area contributed by atoms with Gasteiger partial charge in [-0.3, -0.25) is 5.10 Å². The molecule has 4 rings (SSSR count). The number of aromatic amines is 1. The van der Waals surface area contributed by atoms with Crippen LogP contribution in [0.2, 0.25) is 5.02 Å². The molecule has 2 aromatic carbocycles. The Hall–Kier alpha value is -2.83. The van der Waals surface area contributed by atoms with Crippen LogP contribution in [-0.4, -0.2) is 20.2 Å². The molecule has 0 saturated heterocycles. The zero-order valence-corrected chi connectivity index (χ0v) is 15.4. The van der Waals surface area contributed by atoms with E-state index in [4.69, 9.17) is 11.6 Å². The molecule has 0 aliphatic heterocycles. The molecular weight excluding hydrogens is 371 g/mol. The number of anilines is 4. The molecule has 3 N–H and O–H groups in total. The normalized spacial score (nSPS) is 10.4. The minimum Gasteiger partial charge on any atom is -0.339 e. The van der Waals surface area contributed by atoms with Gasteiger partial charge in [-0.2, -0.15) is 5.10 Å². The maximum atomic E-state index is 6.05. The number of aromatic nitrogens is 4. The topological polar surface area (TPSA) is 78.5 Å². The molecule has 132 valence electrons. The summed E-state index contributed by atoms with van der Waals surface area (Å²) in [4.78, 5) is 8.62. The summed E-state index contributed by atoms with van der Waals surface area (Å²) < 4.78 is 0. The zero-order valence-electron chi connectivity index (χ0n) is 13.8. The van der Waals surface area contributed by atoms with E-state index in [0.29, 0.717) is 22.3 Å². The Bertz CT molecular complexity index is 1050. The van der Waals surface area contributed by atoms with E-state index in [0.717, 1.165) is 16.8 Å². The van der Waals surface area contributed by atoms with E-state index < -0.39 is 0 Å². The van der Waals surface area contributed by atoms with Crippen molar-refractivity contribution < 1.29 is 0 Å². The van der Waals surface area contributed by atoms with E-state index in [1.54, 1.807) is 0 Å². The van der Waals surface area contributed by atoms with Crippen LogP contribution in [0.3, 0.4) is 0 Å². The Balaban J connectivity index is 0.00000196. The fourth-order valence-electron chi connectivity index (χ4n) is 2.61. The summed E-state index contributed by atoms with van der Waals surface area (Å²) in [6.45, 7) is 2.05. The van der Waals surface area contributed by atoms with Crippen LogP contribution >= 0.6 is 24.0 Å². The second-order valence-electron chi connectivity index (χ2n) is 5.65. The predicted molar refractivity (Wildman–Crippen MR) is 108 cm³/mol. The predicted octanol–water partition coefficient (Wildman–Crippen LogP) is 5.22. The van der Waals surface area contributed by atoms with Crippen molar-refractivity contribution in [3.63, 3.8) is 0 Å². The molecule has 0 saturated carbocycles. The molecule has 0 bridgehead atoms. The number of rotatable bonds is 4. The molecule has 8 heteroatoms. The molecule has 2 heterocycles. The van der Waals surface area contributed by atoms with E-state index in [1.807, 2.05) is 49.4 Å². The quantitative estimate of drug-likeness (QED) is 0.447. The molecule has 6 nitrogen and oxygen atoms in total. The maximum absolute atomic E-state index is 6.05. The van der Waals surface area contributed by atoms with E-state index in [2.05, 4.69) is 36.9 Å². The second kappa shape index (κ2) is 7.59. The first-order valence-electron chi connectivity index (χ1n) is 7.74. The van der Waals surface area contributed by atoms with Crippen molar-refractivity contribution in [1.82, 2.24) is 20.2 Å². The molecule has 0 fully saturated rings. The second-order valence-corrected chi connectivity index (χ2v) is 6.08. The van der Waals surface area contributed by atoms with Crippen molar-refractivity contribution in [2.75, 3.05) is 10.6 Å². The molecule has 2 aromatic heterocycles. The first-order chi connectivity index (χ1) is 12.2. The van der Waals surface area contributed by atoms with Gasteiger partial charge in [0.1, 0.15) is 17.5 Å². The van der Waals surface area contributed by atoms with Crippen LogP contribution in [0, 0.1) is 6.92 Å². The third kappa shape index (κ3) is 3.71. The third-order valence-corrected chi connectivity index (χ3v) is 3.96. The number of nitrogens with zero attached hydrogens (tertiary/aromatic N) is 3. The van der Waals surface area contributed by atoms with Gasteiger partial charge in [0.15, 0.2) is 11.5 Å². The standard InChI is InChI=1S/C18H15ClN6.ClH/c1-11-4-2-6-13(8-11)22-16-15-17(21-10-20-16)24-25-18(15)23-14-7-3-5-12(19)9-14;/h2-10H,1H3,(H3,20,21,22,23,24,25);1H. The first-order valence-corrected chi connectivity index (χ1v) is 8.12. The van der Waals surface area contributed by atoms with Crippen LogP contribution in [0.5, 0.6) is 0 Å². The maximum Gasteiger partial charge on any atom is 0.165 e. The summed E-state index contributed by atoms with van der Waals surface area (Å²) in [6.07, 6.45) is 1.50. The summed E-state index contributed by atoms with van der Waals surface area (Å²) in [5.74, 6) is 1.31. The Kier molecular flexibility index (Phi) is 5.25. The minimum absolute atomic E-state index is 0. The van der Waals surface area contributed by atoms with Crippen LogP contribution in [-0.2, 0) is 0 Å². The van der Waals surface area contributed by atoms with Crippen molar-refractivity contribution in [1.29, 1.82) is 0 Å². The Labute approximate surface area is 161 Å². The highest BCUT2D eigenvalue weighted by Crippen LogP contribution is 2.30. The highest BCUT2D eigenvalue weighted by molar-refractivity contribution is 6.30. The van der Waals surface area contributed by atoms with Gasteiger partial charge in [-0.15, -0.1) is 12.4 Å². The van der Waals surface area contributed by atoms with Crippen molar-refractivity contribution >= 4 is 58.1 Å². The Morgan fingerprint density at radius 2 is 1.65 bits per heavy atom. The summed E-state index contributed by atoms with van der Waals surface area (Å²) in [5, 5.41) is 15.3. The number of hydrogen-bond acceptors (Lipinski definition) is 5. The average molecular weight is 387 g/mol. The number of benzene rings is 2. The minimum atomic E-state index is 0. The summed E-state index contributed by atoms with van der Waals surface area (Å²) in [6, 6.07) is 15.5. The van der Waals surface area contributed by atoms with Gasteiger partial charge in [0.25, 0.3) is 0 Å². The van der Waals surface area contributed by atoms with Crippen molar-refractivity contribution in [2.24, 2.45) is 0 Å². The van der Waals surface area contributed by atoms with E-state index in [1.165, 1.54) is 11.9 Å². The van der Waals surface area contributed by atoms with Crippen molar-refractivity contribution in [3.05, 3.63) is 65.4 Å². The van der Waals surface area contributed by atoms with E-state index in [-0.39, 0.29) is 12.4 Å². The average Bonchev–Trinajstić information content (AvgIpc) is 2.99. The number of fused-ring (bicyclic) bond motifs is 1. The fourth-order valence-corrected chi connectivity index (χ4v) is 2.80. The Morgan fingerprint density at radius 3 is 2.42 bits per heavy atom. The molecule has 0 unspecified atom stereocenters. The van der Waals surface area contributed by atoms with E-state index >= 15 is 0 Å². The van der Waals surface area contributed by atoms with Gasteiger partial charge in [-0.05, 0) is 42.8 Å². The molecule has 0 aliphatic rings. The third-order valence-electron chi connectivity index (χ3n) is 3.73. The van der Waals surface area contributed by atoms with Gasteiger partial charge >= 0.3 is 0 Å². The Morgan fingerprint density at radius 1 is 0.923 bits per heavy atom. The molecule has 0 atom stereocenters. The van der Waals surface area contributed by atoms with Crippen LogP contribution in [0.4, 0.5) is 23.0 Å². The first kappa shape index (κ1) is 18.0. The summed E-state index contributed by atoms with van der Waals surface area (Å²) in [5.41, 5.74) is 3.61. The van der Waals surface area contributed by atoms with E-state index in [9.17, 15) is 0 Å². The molecule has 0 aliphatic carbocycles. The zero-order chi connectivity index (χ0) is 17.2. The van der Waals surface area contributed by atoms with Gasteiger partial charge in [0.2, 0.25) is 0 Å². The molecule has 26 heavy (non-hydrogen) atoms. The fraction of sp³-hybridized carbons (Fsp3) is 0.0556. The number of nitrogens with one attached hydrogen (secondary N) is 3. The van der Waals surface area contributed by atoms with Crippen LogP contribution < -0.4 is 10.6 Å². The van der Waals surface area contributed by atoms with Crippen molar-refractivity contribution in [2.45, 2.75) is 6.92 Å². The summed E-state index contributed by atoms with van der Waals surface area (Å²) in [7, 11) is 0. The monoisotopic (exact) mass is 386 g/mol. The summed E-state index contributed by atoms with van der Waals surface area (Å²) >= 11 is 6.05.